The first-order valence-corrected chi connectivity index (χ1v) is 6.51. The van der Waals surface area contributed by atoms with E-state index in [0.29, 0.717) is 18.1 Å². The predicted octanol–water partition coefficient (Wildman–Crippen LogP) is 1.88. The third kappa shape index (κ3) is 4.72. The summed E-state index contributed by atoms with van der Waals surface area (Å²) in [5.41, 5.74) is 6.15. The van der Waals surface area contributed by atoms with Gasteiger partial charge in [0.05, 0.1) is 0 Å². The van der Waals surface area contributed by atoms with E-state index in [9.17, 15) is 4.79 Å². The summed E-state index contributed by atoms with van der Waals surface area (Å²) in [6.07, 6.45) is 2.27. The number of carbonyl (C=O) groups is 1. The maximum Gasteiger partial charge on any atom is 0.404 e. The number of hydrogen-bond donors (Lipinski definition) is 1. The topological polar surface area (TPSA) is 91.2 Å². The van der Waals surface area contributed by atoms with E-state index >= 15 is 0 Å². The Labute approximate surface area is 116 Å². The summed E-state index contributed by atoms with van der Waals surface area (Å²) in [6, 6.07) is 10.3. The molecule has 0 saturated heterocycles. The highest BCUT2D eigenvalue weighted by Crippen LogP contribution is 2.07. The molecule has 2 rings (SSSR count). The first-order chi connectivity index (χ1) is 9.74. The number of aryl methyl sites for hydroxylation is 2. The monoisotopic (exact) mass is 275 g/mol. The van der Waals surface area contributed by atoms with Crippen molar-refractivity contribution in [1.82, 2.24) is 10.1 Å². The van der Waals surface area contributed by atoms with Crippen LogP contribution in [0.25, 0.3) is 0 Å². The first-order valence-electron chi connectivity index (χ1n) is 6.51. The normalized spacial score (nSPS) is 10.4. The molecule has 0 saturated carbocycles. The fourth-order valence-corrected chi connectivity index (χ4v) is 1.82. The first kappa shape index (κ1) is 14.0. The maximum atomic E-state index is 10.4. The number of nitrogens with two attached hydrogens (primary N) is 1. The number of hydrogen-bond acceptors (Lipinski definition) is 5. The molecule has 106 valence electrons. The van der Waals surface area contributed by atoms with Gasteiger partial charge in [0.1, 0.15) is 6.61 Å². The van der Waals surface area contributed by atoms with Gasteiger partial charge in [0, 0.05) is 12.8 Å². The van der Waals surface area contributed by atoms with Crippen LogP contribution < -0.4 is 5.73 Å². The number of amides is 1. The lowest BCUT2D eigenvalue weighted by Crippen LogP contribution is -2.15. The molecule has 0 radical (unpaired) electrons. The number of aromatic nitrogens is 2. The average molecular weight is 275 g/mol. The molecule has 0 aliphatic heterocycles. The van der Waals surface area contributed by atoms with E-state index in [4.69, 9.17) is 10.3 Å². The molecule has 0 fully saturated rings. The van der Waals surface area contributed by atoms with E-state index in [2.05, 4.69) is 27.0 Å². The van der Waals surface area contributed by atoms with Gasteiger partial charge in [-0.15, -0.1) is 0 Å². The van der Waals surface area contributed by atoms with Gasteiger partial charge in [0.15, 0.2) is 5.82 Å². The molecule has 1 aromatic heterocycles. The summed E-state index contributed by atoms with van der Waals surface area (Å²) < 4.78 is 9.74. The van der Waals surface area contributed by atoms with E-state index in [1.54, 1.807) is 0 Å². The van der Waals surface area contributed by atoms with Gasteiger partial charge in [0.2, 0.25) is 5.89 Å². The van der Waals surface area contributed by atoms with E-state index in [0.717, 1.165) is 19.3 Å². The van der Waals surface area contributed by atoms with E-state index in [1.807, 2.05) is 18.2 Å². The highest BCUT2D eigenvalue weighted by molar-refractivity contribution is 5.64. The average Bonchev–Trinajstić information content (AvgIpc) is 2.87. The lowest BCUT2D eigenvalue weighted by atomic mass is 10.1. The molecule has 2 N–H and O–H groups in total. The minimum Gasteiger partial charge on any atom is -0.449 e. The van der Waals surface area contributed by atoms with Crippen molar-refractivity contribution in [2.75, 3.05) is 6.61 Å². The molecular weight excluding hydrogens is 258 g/mol. The number of ether oxygens (including phenoxy) is 1. The van der Waals surface area contributed by atoms with Crippen molar-refractivity contribution < 1.29 is 14.1 Å². The minimum absolute atomic E-state index is 0.165. The molecule has 1 amide bonds. The molecule has 0 spiro atoms. The SMILES string of the molecule is NC(=O)OCCc1noc(CCCc2ccccc2)n1. The van der Waals surface area contributed by atoms with Gasteiger partial charge in [-0.05, 0) is 18.4 Å². The van der Waals surface area contributed by atoms with Gasteiger partial charge in [-0.25, -0.2) is 4.79 Å². The molecule has 1 heterocycles. The van der Waals surface area contributed by atoms with Gasteiger partial charge in [0.25, 0.3) is 0 Å². The second-order valence-corrected chi connectivity index (χ2v) is 4.36. The summed E-state index contributed by atoms with van der Waals surface area (Å²) in [6.45, 7) is 0.165. The zero-order valence-corrected chi connectivity index (χ0v) is 11.1. The highest BCUT2D eigenvalue weighted by atomic mass is 16.5. The summed E-state index contributed by atoms with van der Waals surface area (Å²) in [5.74, 6) is 1.14. The summed E-state index contributed by atoms with van der Waals surface area (Å²) in [7, 11) is 0. The second-order valence-electron chi connectivity index (χ2n) is 4.36. The standard InChI is InChI=1S/C14H17N3O3/c15-14(18)19-10-9-12-16-13(20-17-12)8-4-7-11-5-2-1-3-6-11/h1-3,5-6H,4,7-10H2,(H2,15,18). The lowest BCUT2D eigenvalue weighted by Gasteiger charge is -1.98. The molecule has 6 nitrogen and oxygen atoms in total. The Kier molecular flexibility index (Phi) is 5.11. The van der Waals surface area contributed by atoms with Gasteiger partial charge in [-0.1, -0.05) is 35.5 Å². The van der Waals surface area contributed by atoms with Crippen LogP contribution in [0.1, 0.15) is 23.7 Å². The lowest BCUT2D eigenvalue weighted by molar-refractivity contribution is 0.157. The van der Waals surface area contributed by atoms with Gasteiger partial charge < -0.3 is 15.0 Å². The molecule has 0 aliphatic carbocycles. The molecule has 20 heavy (non-hydrogen) atoms. The van der Waals surface area contributed by atoms with Gasteiger partial charge in [-0.2, -0.15) is 4.98 Å². The fourth-order valence-electron chi connectivity index (χ4n) is 1.82. The van der Waals surface area contributed by atoms with Crippen molar-refractivity contribution in [2.24, 2.45) is 5.73 Å². The van der Waals surface area contributed by atoms with Crippen LogP contribution in [-0.4, -0.2) is 22.8 Å². The van der Waals surface area contributed by atoms with Crippen molar-refractivity contribution in [2.45, 2.75) is 25.7 Å². The molecular formula is C14H17N3O3. The number of carbonyl (C=O) groups excluding carboxylic acids is 1. The number of primary amides is 1. The molecule has 0 atom stereocenters. The van der Waals surface area contributed by atoms with Crippen molar-refractivity contribution in [3.8, 4) is 0 Å². The number of benzene rings is 1. The molecule has 1 aromatic carbocycles. The Hall–Kier alpha value is -2.37. The van der Waals surface area contributed by atoms with Crippen LogP contribution >= 0.6 is 0 Å². The molecule has 6 heteroatoms. The van der Waals surface area contributed by atoms with Crippen molar-refractivity contribution in [3.63, 3.8) is 0 Å². The van der Waals surface area contributed by atoms with Crippen LogP contribution in [0.15, 0.2) is 34.9 Å². The summed E-state index contributed by atoms with van der Waals surface area (Å²) in [4.78, 5) is 14.6. The Morgan fingerprint density at radius 2 is 2.00 bits per heavy atom. The Balaban J connectivity index is 1.71. The summed E-state index contributed by atoms with van der Waals surface area (Å²) >= 11 is 0. The predicted molar refractivity (Wildman–Crippen MR) is 72.0 cm³/mol. The Morgan fingerprint density at radius 1 is 1.20 bits per heavy atom. The minimum atomic E-state index is -0.795. The van der Waals surface area contributed by atoms with Gasteiger partial charge >= 0.3 is 6.09 Å². The second kappa shape index (κ2) is 7.28. The van der Waals surface area contributed by atoms with E-state index in [1.165, 1.54) is 5.56 Å². The van der Waals surface area contributed by atoms with Crippen molar-refractivity contribution in [3.05, 3.63) is 47.6 Å². The van der Waals surface area contributed by atoms with Crippen LogP contribution in [-0.2, 0) is 24.0 Å². The number of nitrogens with zero attached hydrogens (tertiary/aromatic N) is 2. The van der Waals surface area contributed by atoms with Crippen molar-refractivity contribution >= 4 is 6.09 Å². The van der Waals surface area contributed by atoms with Crippen LogP contribution in [0, 0.1) is 0 Å². The molecule has 2 aromatic rings. The number of rotatable bonds is 7. The zero-order valence-electron chi connectivity index (χ0n) is 11.1. The van der Waals surface area contributed by atoms with E-state index in [-0.39, 0.29) is 6.61 Å². The van der Waals surface area contributed by atoms with Crippen LogP contribution in [0.4, 0.5) is 4.79 Å². The van der Waals surface area contributed by atoms with Crippen LogP contribution in [0.2, 0.25) is 0 Å². The molecule has 0 unspecified atom stereocenters. The quantitative estimate of drug-likeness (QED) is 0.833. The zero-order chi connectivity index (χ0) is 14.2. The Morgan fingerprint density at radius 3 is 2.75 bits per heavy atom. The molecule has 0 aliphatic rings. The van der Waals surface area contributed by atoms with Gasteiger partial charge in [-0.3, -0.25) is 0 Å². The third-order valence-corrected chi connectivity index (χ3v) is 2.78. The smallest absolute Gasteiger partial charge is 0.404 e. The summed E-state index contributed by atoms with van der Waals surface area (Å²) in [5, 5.41) is 3.82. The Bertz CT molecular complexity index is 540. The maximum absolute atomic E-state index is 10.4. The highest BCUT2D eigenvalue weighted by Gasteiger charge is 2.07. The van der Waals surface area contributed by atoms with Crippen LogP contribution in [0.5, 0.6) is 0 Å². The van der Waals surface area contributed by atoms with Crippen molar-refractivity contribution in [1.29, 1.82) is 0 Å². The van der Waals surface area contributed by atoms with Crippen LogP contribution in [0.3, 0.4) is 0 Å². The third-order valence-electron chi connectivity index (χ3n) is 2.78. The van der Waals surface area contributed by atoms with E-state index < -0.39 is 6.09 Å². The molecule has 0 bridgehead atoms. The fraction of sp³-hybridized carbons (Fsp3) is 0.357. The largest absolute Gasteiger partial charge is 0.449 e.